The van der Waals surface area contributed by atoms with Crippen molar-refractivity contribution < 1.29 is 31.8 Å². The molecule has 0 aliphatic heterocycles. The van der Waals surface area contributed by atoms with Crippen molar-refractivity contribution in [1.82, 2.24) is 29.7 Å². The van der Waals surface area contributed by atoms with Gasteiger partial charge in [-0.05, 0) is 32.0 Å². The molecular formula is C25H28FN7O6S. The van der Waals surface area contributed by atoms with Gasteiger partial charge >= 0.3 is 0 Å². The van der Waals surface area contributed by atoms with E-state index < -0.39 is 27.2 Å². The van der Waals surface area contributed by atoms with Crippen LogP contribution in [0.1, 0.15) is 25.8 Å². The summed E-state index contributed by atoms with van der Waals surface area (Å²) in [5.41, 5.74) is 0.672. The minimum absolute atomic E-state index is 0.00716. The van der Waals surface area contributed by atoms with Crippen molar-refractivity contribution in [2.24, 2.45) is 0 Å². The Hall–Kier alpha value is -4.37. The minimum atomic E-state index is -4.24. The van der Waals surface area contributed by atoms with E-state index in [2.05, 4.69) is 29.9 Å². The van der Waals surface area contributed by atoms with Crippen molar-refractivity contribution in [1.29, 1.82) is 0 Å². The Bertz CT molecular complexity index is 1540. The first-order chi connectivity index (χ1) is 19.2. The molecule has 0 bridgehead atoms. The fraction of sp³-hybridized carbons (Fsp3) is 0.320. The highest BCUT2D eigenvalue weighted by Crippen LogP contribution is 2.38. The fourth-order valence-electron chi connectivity index (χ4n) is 3.91. The highest BCUT2D eigenvalue weighted by atomic mass is 32.2. The number of nitrogens with one attached hydrogen (secondary N) is 1. The monoisotopic (exact) mass is 573 g/mol. The van der Waals surface area contributed by atoms with Gasteiger partial charge in [0.05, 0.1) is 33.2 Å². The highest BCUT2D eigenvalue weighted by molar-refractivity contribution is 7.93. The van der Waals surface area contributed by atoms with Crippen molar-refractivity contribution in [2.45, 2.75) is 25.2 Å². The zero-order chi connectivity index (χ0) is 28.9. The van der Waals surface area contributed by atoms with E-state index in [0.717, 1.165) is 12.4 Å². The second-order valence-corrected chi connectivity index (χ2v) is 10.3. The smallest absolute Gasteiger partial charge is 0.243 e. The Morgan fingerprint density at radius 1 is 1.00 bits per heavy atom. The number of halogens is 1. The van der Waals surface area contributed by atoms with Gasteiger partial charge in [-0.3, -0.25) is 9.29 Å². The van der Waals surface area contributed by atoms with Crippen LogP contribution in [0.15, 0.2) is 48.8 Å². The van der Waals surface area contributed by atoms with Crippen molar-refractivity contribution in [3.8, 4) is 34.6 Å². The number of anilines is 1. The third-order valence-electron chi connectivity index (χ3n) is 5.83. The number of ether oxygens (including phenoxy) is 4. The summed E-state index contributed by atoms with van der Waals surface area (Å²) in [4.78, 5) is 12.2. The molecule has 15 heteroatoms. The minimum Gasteiger partial charge on any atom is -0.494 e. The van der Waals surface area contributed by atoms with E-state index in [9.17, 15) is 12.8 Å². The maximum absolute atomic E-state index is 13.6. The average molecular weight is 574 g/mol. The summed E-state index contributed by atoms with van der Waals surface area (Å²) < 4.78 is 66.6. The van der Waals surface area contributed by atoms with Crippen LogP contribution in [0.2, 0.25) is 0 Å². The number of pyridine rings is 1. The molecule has 0 spiro atoms. The summed E-state index contributed by atoms with van der Waals surface area (Å²) in [5, 5.41) is 7.15. The van der Waals surface area contributed by atoms with Crippen molar-refractivity contribution >= 4 is 16.0 Å². The number of aromatic nitrogens is 6. The number of rotatable bonds is 12. The Morgan fingerprint density at radius 3 is 2.25 bits per heavy atom. The van der Waals surface area contributed by atoms with Gasteiger partial charge in [-0.25, -0.2) is 27.8 Å². The molecule has 3 heterocycles. The molecule has 1 N–H and O–H groups in total. The maximum atomic E-state index is 13.6. The molecule has 4 aromatic rings. The average Bonchev–Trinajstić information content (AvgIpc) is 3.36. The summed E-state index contributed by atoms with van der Waals surface area (Å²) in [5.74, 6) is 0.379. The van der Waals surface area contributed by atoms with Crippen molar-refractivity contribution in [2.75, 3.05) is 32.7 Å². The molecule has 0 radical (unpaired) electrons. The molecule has 0 saturated heterocycles. The first-order valence-electron chi connectivity index (χ1n) is 12.0. The predicted octanol–water partition coefficient (Wildman–Crippen LogP) is 3.19. The molecule has 0 amide bonds. The predicted molar refractivity (Wildman–Crippen MR) is 143 cm³/mol. The standard InChI is InChI=1S/C25H28FN7O6S/c1-6-39-20-12-7-9-17(29-20)24-30-31-25(33(24)21-18(36-3)10-8-11-19(21)37-4)32-40(34,35)15(2)22(38-5)23-27-13-16(26)14-28-23/h7-15,22H,6H2,1-5H3,(H,31,32)/t15-,22-/m0/s1. The van der Waals surface area contributed by atoms with Crippen LogP contribution in [0, 0.1) is 5.82 Å². The number of nitrogens with zero attached hydrogens (tertiary/aromatic N) is 6. The van der Waals surface area contributed by atoms with Gasteiger partial charge in [-0.15, -0.1) is 10.2 Å². The third-order valence-corrected chi connectivity index (χ3v) is 7.52. The summed E-state index contributed by atoms with van der Waals surface area (Å²) in [7, 11) is 0.00193. The molecule has 0 aliphatic rings. The van der Waals surface area contributed by atoms with Crippen LogP contribution in [0.5, 0.6) is 17.4 Å². The topological polar surface area (TPSA) is 152 Å². The van der Waals surface area contributed by atoms with Gasteiger partial charge in [0.2, 0.25) is 21.9 Å². The molecule has 1 aromatic carbocycles. The van der Waals surface area contributed by atoms with Gasteiger partial charge in [0.25, 0.3) is 0 Å². The second kappa shape index (κ2) is 12.2. The molecule has 0 aliphatic carbocycles. The van der Waals surface area contributed by atoms with E-state index >= 15 is 0 Å². The maximum Gasteiger partial charge on any atom is 0.243 e. The van der Waals surface area contributed by atoms with Gasteiger partial charge in [0, 0.05) is 13.2 Å². The summed E-state index contributed by atoms with van der Waals surface area (Å²) >= 11 is 0. The van der Waals surface area contributed by atoms with Gasteiger partial charge < -0.3 is 18.9 Å². The van der Waals surface area contributed by atoms with Crippen molar-refractivity contribution in [3.05, 3.63) is 60.4 Å². The lowest BCUT2D eigenvalue weighted by atomic mass is 10.2. The lowest BCUT2D eigenvalue weighted by Gasteiger charge is -2.22. The van der Waals surface area contributed by atoms with E-state index in [4.69, 9.17) is 18.9 Å². The quantitative estimate of drug-likeness (QED) is 0.266. The second-order valence-electron chi connectivity index (χ2n) is 8.26. The summed E-state index contributed by atoms with van der Waals surface area (Å²) in [6.07, 6.45) is 0.738. The van der Waals surface area contributed by atoms with E-state index in [1.165, 1.54) is 32.8 Å². The molecule has 0 saturated carbocycles. The number of methoxy groups -OCH3 is 3. The first-order valence-corrected chi connectivity index (χ1v) is 13.6. The number of hydrogen-bond acceptors (Lipinski definition) is 11. The molecule has 40 heavy (non-hydrogen) atoms. The molecular weight excluding hydrogens is 545 g/mol. The molecule has 4 rings (SSSR count). The number of sulfonamides is 1. The highest BCUT2D eigenvalue weighted by Gasteiger charge is 2.35. The number of benzene rings is 1. The van der Waals surface area contributed by atoms with Crippen LogP contribution in [0.25, 0.3) is 17.2 Å². The molecule has 212 valence electrons. The fourth-order valence-corrected chi connectivity index (χ4v) is 5.04. The van der Waals surface area contributed by atoms with E-state index in [-0.39, 0.29) is 17.6 Å². The number of hydrogen-bond donors (Lipinski definition) is 1. The summed E-state index contributed by atoms with van der Waals surface area (Å²) in [6, 6.07) is 10.2. The van der Waals surface area contributed by atoms with E-state index in [0.29, 0.717) is 35.4 Å². The third kappa shape index (κ3) is 5.79. The van der Waals surface area contributed by atoms with Crippen LogP contribution in [-0.4, -0.2) is 71.3 Å². The number of para-hydroxylation sites is 1. The van der Waals surface area contributed by atoms with Gasteiger partial charge in [0.1, 0.15) is 34.2 Å². The van der Waals surface area contributed by atoms with E-state index in [1.807, 2.05) is 6.92 Å². The van der Waals surface area contributed by atoms with Crippen molar-refractivity contribution in [3.63, 3.8) is 0 Å². The van der Waals surface area contributed by atoms with Crippen LogP contribution < -0.4 is 18.9 Å². The lowest BCUT2D eigenvalue weighted by Crippen LogP contribution is -2.33. The van der Waals surface area contributed by atoms with Crippen LogP contribution >= 0.6 is 0 Å². The lowest BCUT2D eigenvalue weighted by molar-refractivity contribution is 0.0948. The van der Waals surface area contributed by atoms with Gasteiger partial charge in [-0.2, -0.15) is 0 Å². The van der Waals surface area contributed by atoms with Crippen LogP contribution in [0.3, 0.4) is 0 Å². The first kappa shape index (κ1) is 28.6. The van der Waals surface area contributed by atoms with Gasteiger partial charge in [-0.1, -0.05) is 12.1 Å². The van der Waals surface area contributed by atoms with Crippen LogP contribution in [0.4, 0.5) is 10.3 Å². The molecule has 3 aromatic heterocycles. The van der Waals surface area contributed by atoms with Crippen LogP contribution in [-0.2, 0) is 14.8 Å². The zero-order valence-corrected chi connectivity index (χ0v) is 23.2. The normalized spacial score (nSPS) is 12.9. The SMILES string of the molecule is CCOc1cccc(-c2nnc(NS(=O)(=O)[C@@H](C)[C@H](OC)c3ncc(F)cn3)n2-c2c(OC)cccc2OC)n1. The zero-order valence-electron chi connectivity index (χ0n) is 22.4. The molecule has 2 atom stereocenters. The molecule has 0 unspecified atom stereocenters. The molecule has 13 nitrogen and oxygen atoms in total. The van der Waals surface area contributed by atoms with E-state index in [1.54, 1.807) is 36.4 Å². The Labute approximate surface area is 230 Å². The largest absolute Gasteiger partial charge is 0.494 e. The molecule has 0 fully saturated rings. The Kier molecular flexibility index (Phi) is 8.74. The Balaban J connectivity index is 1.85. The summed E-state index contributed by atoms with van der Waals surface area (Å²) in [6.45, 7) is 3.63. The van der Waals surface area contributed by atoms with Gasteiger partial charge in [0.15, 0.2) is 17.5 Å². The Morgan fingerprint density at radius 2 is 1.65 bits per heavy atom.